The Bertz CT molecular complexity index is 769. The van der Waals surface area contributed by atoms with Gasteiger partial charge in [0.25, 0.3) is 11.8 Å². The molecule has 9 heteroatoms. The largest absolute Gasteiger partial charge is 0.322 e. The molecule has 1 aromatic heterocycles. The zero-order chi connectivity index (χ0) is 17.1. The van der Waals surface area contributed by atoms with E-state index in [9.17, 15) is 14.4 Å². The van der Waals surface area contributed by atoms with E-state index in [1.807, 2.05) is 6.92 Å². The quantitative estimate of drug-likeness (QED) is 0.805. The van der Waals surface area contributed by atoms with Crippen molar-refractivity contribution in [1.82, 2.24) is 20.4 Å². The van der Waals surface area contributed by atoms with Gasteiger partial charge < -0.3 is 5.32 Å². The number of aromatic nitrogens is 2. The van der Waals surface area contributed by atoms with Crippen molar-refractivity contribution in [2.75, 3.05) is 12.0 Å². The Morgan fingerprint density at radius 2 is 1.83 bits per heavy atom. The molecule has 124 valence electrons. The summed E-state index contributed by atoms with van der Waals surface area (Å²) < 4.78 is 0. The Morgan fingerprint density at radius 1 is 1.17 bits per heavy atom. The molecule has 3 rings (SSSR count). The summed E-state index contributed by atoms with van der Waals surface area (Å²) >= 11 is 1.29. The van der Waals surface area contributed by atoms with Crippen LogP contribution in [0, 0.1) is 0 Å². The average Bonchev–Trinajstić information content (AvgIpc) is 3.10. The fraction of sp³-hybridized carbons (Fsp3) is 0.267. The number of rotatable bonds is 5. The molecule has 2 N–H and O–H groups in total. The number of hydrogen-bond acceptors (Lipinski definition) is 6. The summed E-state index contributed by atoms with van der Waals surface area (Å²) in [4.78, 5) is 37.2. The third-order valence-electron chi connectivity index (χ3n) is 3.43. The maximum Gasteiger partial charge on any atom is 0.322 e. The Kier molecular flexibility index (Phi) is 4.52. The molecule has 0 saturated heterocycles. The summed E-state index contributed by atoms with van der Waals surface area (Å²) in [6, 6.07) is 6.01. The van der Waals surface area contributed by atoms with E-state index in [2.05, 4.69) is 20.8 Å². The van der Waals surface area contributed by atoms with Crippen LogP contribution in [0.1, 0.15) is 39.1 Å². The Morgan fingerprint density at radius 3 is 2.46 bits per heavy atom. The first-order valence-electron chi connectivity index (χ1n) is 7.42. The number of amides is 4. The summed E-state index contributed by atoms with van der Waals surface area (Å²) in [5.74, 6) is -0.839. The van der Waals surface area contributed by atoms with E-state index < -0.39 is 17.8 Å². The van der Waals surface area contributed by atoms with Crippen LogP contribution in [0.5, 0.6) is 0 Å². The number of imide groups is 1. The summed E-state index contributed by atoms with van der Waals surface area (Å²) in [5, 5.41) is 14.1. The van der Waals surface area contributed by atoms with Crippen LogP contribution in [0.4, 0.5) is 9.93 Å². The highest BCUT2D eigenvalue weighted by Crippen LogP contribution is 2.21. The van der Waals surface area contributed by atoms with Crippen molar-refractivity contribution in [1.29, 1.82) is 0 Å². The van der Waals surface area contributed by atoms with Gasteiger partial charge in [0.1, 0.15) is 11.7 Å². The second kappa shape index (κ2) is 6.75. The molecular weight excluding hydrogens is 330 g/mol. The van der Waals surface area contributed by atoms with E-state index in [1.165, 1.54) is 11.3 Å². The number of fused-ring (bicyclic) bond motifs is 1. The van der Waals surface area contributed by atoms with Gasteiger partial charge in [-0.1, -0.05) is 30.4 Å². The third-order valence-corrected chi connectivity index (χ3v) is 4.33. The first-order valence-corrected chi connectivity index (χ1v) is 8.24. The zero-order valence-electron chi connectivity index (χ0n) is 12.9. The molecule has 8 nitrogen and oxygen atoms in total. The number of carbonyl (C=O) groups excluding carboxylic acids is 3. The maximum absolute atomic E-state index is 12.2. The number of urea groups is 1. The Balaban J connectivity index is 1.57. The average molecular weight is 345 g/mol. The van der Waals surface area contributed by atoms with Crippen molar-refractivity contribution in [3.63, 3.8) is 0 Å². The van der Waals surface area contributed by atoms with E-state index in [4.69, 9.17) is 0 Å². The normalized spacial score (nSPS) is 13.1. The lowest BCUT2D eigenvalue weighted by atomic mass is 10.1. The number of anilines is 1. The van der Waals surface area contributed by atoms with Crippen LogP contribution >= 0.6 is 11.3 Å². The smallest absolute Gasteiger partial charge is 0.320 e. The Labute approximate surface area is 141 Å². The highest BCUT2D eigenvalue weighted by Gasteiger charge is 2.35. The molecule has 0 aliphatic carbocycles. The molecule has 0 atom stereocenters. The summed E-state index contributed by atoms with van der Waals surface area (Å²) in [5.41, 5.74) is 0.691. The molecule has 4 amide bonds. The minimum atomic E-state index is -0.550. The highest BCUT2D eigenvalue weighted by molar-refractivity contribution is 7.15. The fourth-order valence-electron chi connectivity index (χ4n) is 2.29. The van der Waals surface area contributed by atoms with Crippen LogP contribution in [0.25, 0.3) is 0 Å². The standard InChI is InChI=1S/C15H15N5O3S/c1-2-5-11-18-19-15(24-11)17-14(23)16-8-20-12(21)9-6-3-4-7-10(9)13(20)22/h3-4,6-7H,2,5,8H2,1H3,(H2,16,17,19,23). The van der Waals surface area contributed by atoms with Crippen LogP contribution < -0.4 is 10.6 Å². The number of aryl methyl sites for hydroxylation is 1. The topological polar surface area (TPSA) is 104 Å². The third kappa shape index (κ3) is 3.11. The molecule has 0 saturated carbocycles. The molecule has 2 heterocycles. The van der Waals surface area contributed by atoms with E-state index >= 15 is 0 Å². The molecular formula is C15H15N5O3S. The number of benzene rings is 1. The van der Waals surface area contributed by atoms with Crippen molar-refractivity contribution >= 4 is 34.3 Å². The summed E-state index contributed by atoms with van der Waals surface area (Å²) in [6.45, 7) is 1.82. The van der Waals surface area contributed by atoms with Crippen LogP contribution in [0.2, 0.25) is 0 Å². The van der Waals surface area contributed by atoms with Crippen molar-refractivity contribution in [2.24, 2.45) is 0 Å². The molecule has 2 aromatic rings. The lowest BCUT2D eigenvalue weighted by Crippen LogP contribution is -2.42. The fourth-order valence-corrected chi connectivity index (χ4v) is 3.13. The number of nitrogens with one attached hydrogen (secondary N) is 2. The van der Waals surface area contributed by atoms with Gasteiger partial charge in [-0.3, -0.25) is 19.8 Å². The van der Waals surface area contributed by atoms with Gasteiger partial charge in [-0.15, -0.1) is 10.2 Å². The van der Waals surface area contributed by atoms with Crippen molar-refractivity contribution in [3.8, 4) is 0 Å². The molecule has 0 spiro atoms. The van der Waals surface area contributed by atoms with Gasteiger partial charge in [-0.2, -0.15) is 0 Å². The van der Waals surface area contributed by atoms with Gasteiger partial charge in [-0.05, 0) is 18.6 Å². The van der Waals surface area contributed by atoms with E-state index in [-0.39, 0.29) is 6.67 Å². The van der Waals surface area contributed by atoms with E-state index in [1.54, 1.807) is 24.3 Å². The second-order valence-corrected chi connectivity index (χ2v) is 6.19. The zero-order valence-corrected chi connectivity index (χ0v) is 13.7. The molecule has 1 aliphatic rings. The SMILES string of the molecule is CCCc1nnc(NC(=O)NCN2C(=O)c3ccccc3C2=O)s1. The second-order valence-electron chi connectivity index (χ2n) is 5.12. The maximum atomic E-state index is 12.2. The number of nitrogens with zero attached hydrogens (tertiary/aromatic N) is 3. The van der Waals surface area contributed by atoms with Crippen molar-refractivity contribution in [3.05, 3.63) is 40.4 Å². The Hall–Kier alpha value is -2.81. The van der Waals surface area contributed by atoms with Gasteiger partial charge in [0.2, 0.25) is 5.13 Å². The lowest BCUT2D eigenvalue weighted by Gasteiger charge is -2.14. The summed E-state index contributed by atoms with van der Waals surface area (Å²) in [7, 11) is 0. The molecule has 1 aromatic carbocycles. The summed E-state index contributed by atoms with van der Waals surface area (Å²) in [6.07, 6.45) is 1.75. The van der Waals surface area contributed by atoms with E-state index in [0.29, 0.717) is 16.3 Å². The molecule has 0 fully saturated rings. The van der Waals surface area contributed by atoms with Crippen molar-refractivity contribution < 1.29 is 14.4 Å². The van der Waals surface area contributed by atoms with Crippen LogP contribution in [-0.2, 0) is 6.42 Å². The van der Waals surface area contributed by atoms with Crippen LogP contribution in [-0.4, -0.2) is 39.6 Å². The highest BCUT2D eigenvalue weighted by atomic mass is 32.1. The predicted octanol–water partition coefficient (Wildman–Crippen LogP) is 1.87. The number of carbonyl (C=O) groups is 3. The van der Waals surface area contributed by atoms with Gasteiger partial charge in [0, 0.05) is 6.42 Å². The molecule has 1 aliphatic heterocycles. The van der Waals surface area contributed by atoms with Gasteiger partial charge in [0.15, 0.2) is 0 Å². The molecule has 0 unspecified atom stereocenters. The first-order chi connectivity index (χ1) is 11.6. The minimum absolute atomic E-state index is 0.210. The molecule has 0 bridgehead atoms. The van der Waals surface area contributed by atoms with Crippen LogP contribution in [0.15, 0.2) is 24.3 Å². The van der Waals surface area contributed by atoms with Gasteiger partial charge in [0.05, 0.1) is 11.1 Å². The predicted molar refractivity (Wildman–Crippen MR) is 87.9 cm³/mol. The van der Waals surface area contributed by atoms with Crippen molar-refractivity contribution in [2.45, 2.75) is 19.8 Å². The molecule has 24 heavy (non-hydrogen) atoms. The monoisotopic (exact) mass is 345 g/mol. The van der Waals surface area contributed by atoms with Crippen LogP contribution in [0.3, 0.4) is 0 Å². The van der Waals surface area contributed by atoms with Gasteiger partial charge >= 0.3 is 6.03 Å². The van der Waals surface area contributed by atoms with E-state index in [0.717, 1.165) is 22.7 Å². The van der Waals surface area contributed by atoms with Gasteiger partial charge in [-0.25, -0.2) is 4.79 Å². The molecule has 0 radical (unpaired) electrons. The first kappa shape index (κ1) is 16.1. The number of hydrogen-bond donors (Lipinski definition) is 2. The lowest BCUT2D eigenvalue weighted by molar-refractivity contribution is 0.0648. The minimum Gasteiger partial charge on any atom is -0.320 e.